The number of aliphatic hydroxyl groups is 1. The highest BCUT2D eigenvalue weighted by Gasteiger charge is 2.36. The SMILES string of the molecule is C/C(=C\CO[Si](C)(C)C(C)(C)C)CCC(O)c1cccs1. The molecule has 1 N–H and O–H groups in total. The van der Waals surface area contributed by atoms with E-state index in [0.717, 1.165) is 17.7 Å². The minimum absolute atomic E-state index is 0.254. The number of hydrogen-bond acceptors (Lipinski definition) is 3. The van der Waals surface area contributed by atoms with E-state index in [1.54, 1.807) is 11.3 Å². The molecule has 0 amide bonds. The predicted molar refractivity (Wildman–Crippen MR) is 95.4 cm³/mol. The molecular weight excluding hydrogens is 296 g/mol. The van der Waals surface area contributed by atoms with E-state index in [2.05, 4.69) is 46.9 Å². The second kappa shape index (κ2) is 7.72. The highest BCUT2D eigenvalue weighted by atomic mass is 32.1. The van der Waals surface area contributed by atoms with Gasteiger partial charge in [0.2, 0.25) is 0 Å². The van der Waals surface area contributed by atoms with Gasteiger partial charge in [-0.25, -0.2) is 0 Å². The number of thiophene rings is 1. The number of hydrogen-bond donors (Lipinski definition) is 1. The Labute approximate surface area is 135 Å². The van der Waals surface area contributed by atoms with E-state index < -0.39 is 8.32 Å². The maximum absolute atomic E-state index is 10.1. The van der Waals surface area contributed by atoms with Gasteiger partial charge in [0, 0.05) is 4.88 Å². The average molecular weight is 327 g/mol. The van der Waals surface area contributed by atoms with Gasteiger partial charge in [-0.3, -0.25) is 0 Å². The third-order valence-electron chi connectivity index (χ3n) is 4.37. The molecule has 0 aliphatic carbocycles. The smallest absolute Gasteiger partial charge is 0.192 e. The summed E-state index contributed by atoms with van der Waals surface area (Å²) in [6, 6.07) is 3.98. The lowest BCUT2D eigenvalue weighted by atomic mass is 10.1. The molecule has 1 aromatic rings. The van der Waals surface area contributed by atoms with Gasteiger partial charge in [0.25, 0.3) is 0 Å². The fourth-order valence-electron chi connectivity index (χ4n) is 1.70. The van der Waals surface area contributed by atoms with Crippen molar-refractivity contribution >= 4 is 19.7 Å². The Bertz CT molecular complexity index is 444. The van der Waals surface area contributed by atoms with Crippen LogP contribution >= 0.6 is 11.3 Å². The molecule has 1 atom stereocenters. The van der Waals surface area contributed by atoms with Gasteiger partial charge >= 0.3 is 0 Å². The summed E-state index contributed by atoms with van der Waals surface area (Å²) in [5.41, 5.74) is 1.30. The first kappa shape index (κ1) is 18.6. The van der Waals surface area contributed by atoms with Crippen molar-refractivity contribution in [3.63, 3.8) is 0 Å². The Hall–Kier alpha value is -0.423. The second-order valence-corrected chi connectivity index (χ2v) is 13.0. The molecule has 120 valence electrons. The van der Waals surface area contributed by atoms with Gasteiger partial charge in [-0.15, -0.1) is 11.3 Å². The van der Waals surface area contributed by atoms with Crippen molar-refractivity contribution in [3.8, 4) is 0 Å². The molecule has 1 rings (SSSR count). The first-order valence-electron chi connectivity index (χ1n) is 7.64. The van der Waals surface area contributed by atoms with Gasteiger partial charge in [0.05, 0.1) is 12.7 Å². The highest BCUT2D eigenvalue weighted by Crippen LogP contribution is 2.36. The summed E-state index contributed by atoms with van der Waals surface area (Å²) >= 11 is 1.62. The van der Waals surface area contributed by atoms with E-state index in [9.17, 15) is 5.11 Å². The van der Waals surface area contributed by atoms with Crippen LogP contribution in [-0.4, -0.2) is 20.0 Å². The molecule has 1 heterocycles. The molecule has 1 unspecified atom stereocenters. The molecule has 0 bridgehead atoms. The van der Waals surface area contributed by atoms with Crippen molar-refractivity contribution in [2.24, 2.45) is 0 Å². The van der Waals surface area contributed by atoms with Crippen LogP contribution in [0.3, 0.4) is 0 Å². The second-order valence-electron chi connectivity index (χ2n) is 7.19. The molecule has 0 aliphatic rings. The fraction of sp³-hybridized carbons (Fsp3) is 0.647. The van der Waals surface area contributed by atoms with Gasteiger partial charge in [-0.2, -0.15) is 0 Å². The minimum atomic E-state index is -1.65. The van der Waals surface area contributed by atoms with Gasteiger partial charge in [0.1, 0.15) is 0 Å². The normalized spacial score (nSPS) is 15.3. The zero-order valence-electron chi connectivity index (χ0n) is 14.3. The van der Waals surface area contributed by atoms with E-state index >= 15 is 0 Å². The van der Waals surface area contributed by atoms with Gasteiger partial charge in [-0.1, -0.05) is 38.5 Å². The molecule has 1 aromatic heterocycles. The summed E-state index contributed by atoms with van der Waals surface area (Å²) in [4.78, 5) is 1.06. The van der Waals surface area contributed by atoms with Gasteiger partial charge < -0.3 is 9.53 Å². The van der Waals surface area contributed by atoms with Crippen LogP contribution in [0.4, 0.5) is 0 Å². The highest BCUT2D eigenvalue weighted by molar-refractivity contribution is 7.10. The standard InChI is InChI=1S/C17H30O2SSi/c1-14(9-10-15(18)16-8-7-13-20-16)11-12-19-21(5,6)17(2,3)4/h7-8,11,13,15,18H,9-10,12H2,1-6H3/b14-11+. The molecule has 0 fully saturated rings. The van der Waals surface area contributed by atoms with Crippen molar-refractivity contribution in [2.75, 3.05) is 6.61 Å². The van der Waals surface area contributed by atoms with Gasteiger partial charge in [0.15, 0.2) is 8.32 Å². The largest absolute Gasteiger partial charge is 0.413 e. The first-order valence-corrected chi connectivity index (χ1v) is 11.4. The van der Waals surface area contributed by atoms with E-state index in [1.165, 1.54) is 5.57 Å². The van der Waals surface area contributed by atoms with Crippen molar-refractivity contribution in [2.45, 2.75) is 64.8 Å². The molecule has 0 saturated carbocycles. The fourth-order valence-corrected chi connectivity index (χ4v) is 3.38. The first-order chi connectivity index (χ1) is 9.63. The summed E-state index contributed by atoms with van der Waals surface area (Å²) < 4.78 is 6.15. The molecule has 0 aromatic carbocycles. The lowest BCUT2D eigenvalue weighted by molar-refractivity contribution is 0.171. The van der Waals surface area contributed by atoms with Crippen LogP contribution in [0.2, 0.25) is 18.1 Å². The maximum atomic E-state index is 10.1. The summed E-state index contributed by atoms with van der Waals surface area (Å²) in [6.07, 6.45) is 3.53. The number of aliphatic hydroxyl groups excluding tert-OH is 1. The lowest BCUT2D eigenvalue weighted by Crippen LogP contribution is -2.40. The van der Waals surface area contributed by atoms with Crippen LogP contribution in [0.25, 0.3) is 0 Å². The summed E-state index contributed by atoms with van der Waals surface area (Å²) in [7, 11) is -1.65. The molecule has 0 saturated heterocycles. The Morgan fingerprint density at radius 3 is 2.62 bits per heavy atom. The Morgan fingerprint density at radius 1 is 1.43 bits per heavy atom. The van der Waals surface area contributed by atoms with Crippen LogP contribution in [0.5, 0.6) is 0 Å². The zero-order valence-corrected chi connectivity index (χ0v) is 16.1. The minimum Gasteiger partial charge on any atom is -0.413 e. The van der Waals surface area contributed by atoms with Crippen molar-refractivity contribution in [1.29, 1.82) is 0 Å². The monoisotopic (exact) mass is 326 g/mol. The third-order valence-corrected chi connectivity index (χ3v) is 9.84. The maximum Gasteiger partial charge on any atom is 0.192 e. The van der Waals surface area contributed by atoms with Crippen molar-refractivity contribution in [3.05, 3.63) is 34.0 Å². The van der Waals surface area contributed by atoms with Crippen LogP contribution < -0.4 is 0 Å². The van der Waals surface area contributed by atoms with E-state index in [-0.39, 0.29) is 11.1 Å². The molecule has 2 nitrogen and oxygen atoms in total. The summed E-state index contributed by atoms with van der Waals surface area (Å²) in [6.45, 7) is 14.1. The van der Waals surface area contributed by atoms with Crippen molar-refractivity contribution < 1.29 is 9.53 Å². The molecule has 0 spiro atoms. The zero-order chi connectivity index (χ0) is 16.1. The predicted octanol–water partition coefficient (Wildman–Crippen LogP) is 5.53. The Balaban J connectivity index is 2.37. The van der Waals surface area contributed by atoms with Crippen LogP contribution in [0.1, 0.15) is 51.5 Å². The Morgan fingerprint density at radius 2 is 2.10 bits per heavy atom. The van der Waals surface area contributed by atoms with Crippen LogP contribution in [0, 0.1) is 0 Å². The lowest BCUT2D eigenvalue weighted by Gasteiger charge is -2.35. The quantitative estimate of drug-likeness (QED) is 0.527. The Kier molecular flexibility index (Phi) is 6.85. The molecule has 0 radical (unpaired) electrons. The van der Waals surface area contributed by atoms with E-state index in [0.29, 0.717) is 6.61 Å². The van der Waals surface area contributed by atoms with Gasteiger partial charge in [-0.05, 0) is 49.3 Å². The van der Waals surface area contributed by atoms with E-state index in [1.807, 2.05) is 17.5 Å². The van der Waals surface area contributed by atoms with Crippen molar-refractivity contribution in [1.82, 2.24) is 0 Å². The van der Waals surface area contributed by atoms with Crippen LogP contribution in [-0.2, 0) is 4.43 Å². The van der Waals surface area contributed by atoms with E-state index in [4.69, 9.17) is 4.43 Å². The molecule has 4 heteroatoms. The summed E-state index contributed by atoms with van der Waals surface area (Å²) in [5, 5.41) is 12.3. The molecule has 21 heavy (non-hydrogen) atoms. The summed E-state index contributed by atoms with van der Waals surface area (Å²) in [5.74, 6) is 0. The third kappa shape index (κ3) is 6.07. The molecule has 0 aliphatic heterocycles. The molecular formula is C17H30O2SSi. The topological polar surface area (TPSA) is 29.5 Å². The van der Waals surface area contributed by atoms with Crippen LogP contribution in [0.15, 0.2) is 29.2 Å². The number of allylic oxidation sites excluding steroid dienone is 1. The average Bonchev–Trinajstić information content (AvgIpc) is 2.88. The number of rotatable bonds is 7.